The maximum absolute atomic E-state index is 10.4. The number of thiocarbonyl (C=S) groups is 1. The minimum Gasteiger partial charge on any atom is -0.508 e. The number of hydrazone groups is 1. The van der Waals surface area contributed by atoms with Gasteiger partial charge < -0.3 is 20.3 Å². The van der Waals surface area contributed by atoms with E-state index < -0.39 is 0 Å². The number of nitrogens with zero attached hydrogens (tertiary/aromatic N) is 1. The highest BCUT2D eigenvalue weighted by atomic mass is 32.1. The van der Waals surface area contributed by atoms with Gasteiger partial charge in [-0.15, -0.1) is 0 Å². The number of nitrogens with one attached hydrogen (secondary N) is 2. The van der Waals surface area contributed by atoms with Crippen LogP contribution in [0, 0.1) is 0 Å². The second-order valence-electron chi connectivity index (χ2n) is 6.25. The zero-order valence-corrected chi connectivity index (χ0v) is 16.4. The highest BCUT2D eigenvalue weighted by molar-refractivity contribution is 7.80. The Morgan fingerprint density at radius 3 is 2.63 bits per heavy atom. The van der Waals surface area contributed by atoms with Crippen molar-refractivity contribution in [1.82, 2.24) is 5.43 Å². The van der Waals surface area contributed by atoms with Crippen molar-refractivity contribution < 1.29 is 14.9 Å². The maximum Gasteiger partial charge on any atom is 0.141 e. The number of methoxy groups -OCH3 is 1. The van der Waals surface area contributed by atoms with E-state index in [-0.39, 0.29) is 17.4 Å². The molecule has 0 saturated carbocycles. The molecule has 0 bridgehead atoms. The molecule has 1 atom stereocenters. The molecule has 142 valence electrons. The summed E-state index contributed by atoms with van der Waals surface area (Å²) in [5.41, 5.74) is 6.60. The van der Waals surface area contributed by atoms with Gasteiger partial charge in [0.15, 0.2) is 0 Å². The minimum absolute atomic E-state index is 0.0274. The summed E-state index contributed by atoms with van der Waals surface area (Å²) >= 11 is 5.49. The quantitative estimate of drug-likeness (QED) is 0.569. The summed E-state index contributed by atoms with van der Waals surface area (Å²) in [6, 6.07) is 8.94. The third kappa shape index (κ3) is 3.55. The number of rotatable bonds is 6. The summed E-state index contributed by atoms with van der Waals surface area (Å²) in [5, 5.41) is 28.0. The Balaban J connectivity index is 2.07. The zero-order chi connectivity index (χ0) is 19.6. The summed E-state index contributed by atoms with van der Waals surface area (Å²) < 4.78 is 5.41. The van der Waals surface area contributed by atoms with Gasteiger partial charge in [-0.2, -0.15) is 5.10 Å². The molecule has 0 spiro atoms. The van der Waals surface area contributed by atoms with Crippen LogP contribution in [0.5, 0.6) is 17.2 Å². The monoisotopic (exact) mass is 385 g/mol. The fraction of sp³-hybridized carbons (Fsp3) is 0.300. The Hall–Kier alpha value is -2.80. The number of aromatic hydroxyl groups is 2. The van der Waals surface area contributed by atoms with E-state index in [2.05, 4.69) is 15.8 Å². The second kappa shape index (κ2) is 7.84. The Bertz CT molecular complexity index is 912. The lowest BCUT2D eigenvalue weighted by molar-refractivity contribution is 0.416. The lowest BCUT2D eigenvalue weighted by Crippen LogP contribution is -2.20. The molecule has 0 saturated heterocycles. The lowest BCUT2D eigenvalue weighted by Gasteiger charge is -2.18. The summed E-state index contributed by atoms with van der Waals surface area (Å²) in [6.45, 7) is 4.72. The van der Waals surface area contributed by atoms with Gasteiger partial charge in [-0.1, -0.05) is 25.2 Å². The number of ether oxygens (including phenoxy) is 1. The molecule has 0 aliphatic carbocycles. The Morgan fingerprint density at radius 2 is 1.96 bits per heavy atom. The van der Waals surface area contributed by atoms with Crippen LogP contribution in [-0.2, 0) is 6.42 Å². The van der Waals surface area contributed by atoms with Gasteiger partial charge in [-0.25, -0.2) is 0 Å². The summed E-state index contributed by atoms with van der Waals surface area (Å²) in [7, 11) is 1.63. The average Bonchev–Trinajstić information content (AvgIpc) is 3.03. The number of hydrogen-bond donors (Lipinski definition) is 4. The molecule has 1 unspecified atom stereocenters. The highest BCUT2D eigenvalue weighted by Crippen LogP contribution is 2.36. The van der Waals surface area contributed by atoms with E-state index in [1.807, 2.05) is 32.0 Å². The second-order valence-corrected chi connectivity index (χ2v) is 6.69. The fourth-order valence-electron chi connectivity index (χ4n) is 3.24. The van der Waals surface area contributed by atoms with Crippen molar-refractivity contribution >= 4 is 28.6 Å². The molecule has 6 nitrogen and oxygen atoms in total. The third-order valence-corrected chi connectivity index (χ3v) is 4.93. The molecule has 7 heteroatoms. The smallest absolute Gasteiger partial charge is 0.141 e. The molecule has 2 aromatic rings. The van der Waals surface area contributed by atoms with Crippen molar-refractivity contribution in [2.24, 2.45) is 5.10 Å². The van der Waals surface area contributed by atoms with Gasteiger partial charge >= 0.3 is 0 Å². The molecule has 0 aromatic heterocycles. The SMILES string of the molecule is CCNc1cc(C2C(=S)NN=C2c2cc(CC)c(O)cc2O)ccc1OC. The molecule has 1 aliphatic heterocycles. The molecule has 27 heavy (non-hydrogen) atoms. The predicted octanol–water partition coefficient (Wildman–Crippen LogP) is 3.52. The summed E-state index contributed by atoms with van der Waals surface area (Å²) in [6.07, 6.45) is 0.641. The number of benzene rings is 2. The standard InChI is InChI=1S/C20H23N3O3S/c1-4-11-8-13(16(25)10-15(11)24)19-18(20(27)23-22-19)12-6-7-17(26-3)14(9-12)21-5-2/h6-10,18,21,24-25H,4-5H2,1-3H3,(H,23,27). The maximum atomic E-state index is 10.4. The summed E-state index contributed by atoms with van der Waals surface area (Å²) in [5.74, 6) is 0.490. The third-order valence-electron chi connectivity index (χ3n) is 4.60. The molecule has 0 fully saturated rings. The van der Waals surface area contributed by atoms with Crippen molar-refractivity contribution in [1.29, 1.82) is 0 Å². The molecular weight excluding hydrogens is 362 g/mol. The molecule has 2 aromatic carbocycles. The van der Waals surface area contributed by atoms with Crippen molar-refractivity contribution in [3.05, 3.63) is 47.0 Å². The van der Waals surface area contributed by atoms with Gasteiger partial charge in [0.1, 0.15) is 22.2 Å². The van der Waals surface area contributed by atoms with Crippen LogP contribution < -0.4 is 15.5 Å². The molecular formula is C20H23N3O3S. The van der Waals surface area contributed by atoms with Gasteiger partial charge in [0.25, 0.3) is 0 Å². The van der Waals surface area contributed by atoms with Crippen molar-refractivity contribution in [3.63, 3.8) is 0 Å². The van der Waals surface area contributed by atoms with Crippen molar-refractivity contribution in [2.75, 3.05) is 19.0 Å². The average molecular weight is 385 g/mol. The number of anilines is 1. The normalized spacial score (nSPS) is 16.0. The number of phenols is 2. The van der Waals surface area contributed by atoms with Gasteiger partial charge in [-0.3, -0.25) is 5.43 Å². The lowest BCUT2D eigenvalue weighted by atomic mass is 9.88. The van der Waals surface area contributed by atoms with Crippen molar-refractivity contribution in [3.8, 4) is 17.2 Å². The number of phenolic OH excluding ortho intramolecular Hbond substituents is 2. The number of aryl methyl sites for hydroxylation is 1. The molecule has 1 aliphatic rings. The van der Waals surface area contributed by atoms with Gasteiger partial charge in [-0.05, 0) is 42.7 Å². The molecule has 0 amide bonds. The van der Waals surface area contributed by atoms with Crippen LogP contribution in [0.2, 0.25) is 0 Å². The van der Waals surface area contributed by atoms with Gasteiger partial charge in [0.2, 0.25) is 0 Å². The molecule has 4 N–H and O–H groups in total. The Labute approximate surface area is 163 Å². The van der Waals surface area contributed by atoms with E-state index in [0.717, 1.165) is 29.1 Å². The first kappa shape index (κ1) is 19.0. The molecule has 3 rings (SSSR count). The summed E-state index contributed by atoms with van der Waals surface area (Å²) in [4.78, 5) is 0.558. The van der Waals surface area contributed by atoms with Crippen LogP contribution in [-0.4, -0.2) is 34.6 Å². The highest BCUT2D eigenvalue weighted by Gasteiger charge is 2.32. The van der Waals surface area contributed by atoms with E-state index in [9.17, 15) is 10.2 Å². The van der Waals surface area contributed by atoms with E-state index >= 15 is 0 Å². The minimum atomic E-state index is -0.302. The van der Waals surface area contributed by atoms with E-state index in [4.69, 9.17) is 17.0 Å². The predicted molar refractivity (Wildman–Crippen MR) is 111 cm³/mol. The fourth-order valence-corrected chi connectivity index (χ4v) is 3.53. The van der Waals surface area contributed by atoms with Crippen LogP contribution in [0.3, 0.4) is 0 Å². The van der Waals surface area contributed by atoms with Gasteiger partial charge in [0.05, 0.1) is 24.4 Å². The van der Waals surface area contributed by atoms with E-state index in [1.54, 1.807) is 13.2 Å². The van der Waals surface area contributed by atoms with Crippen LogP contribution in [0.1, 0.15) is 36.5 Å². The molecule has 0 radical (unpaired) electrons. The largest absolute Gasteiger partial charge is 0.508 e. The molecule has 1 heterocycles. The van der Waals surface area contributed by atoms with Crippen LogP contribution >= 0.6 is 12.2 Å². The van der Waals surface area contributed by atoms with Crippen LogP contribution in [0.25, 0.3) is 0 Å². The Kier molecular flexibility index (Phi) is 5.51. The van der Waals surface area contributed by atoms with Gasteiger partial charge in [0, 0.05) is 18.2 Å². The number of hydrogen-bond acceptors (Lipinski definition) is 6. The van der Waals surface area contributed by atoms with E-state index in [1.165, 1.54) is 6.07 Å². The Morgan fingerprint density at radius 1 is 1.19 bits per heavy atom. The van der Waals surface area contributed by atoms with E-state index in [0.29, 0.717) is 22.7 Å². The zero-order valence-electron chi connectivity index (χ0n) is 15.5. The van der Waals surface area contributed by atoms with Crippen LogP contribution in [0.4, 0.5) is 5.69 Å². The van der Waals surface area contributed by atoms with Crippen LogP contribution in [0.15, 0.2) is 35.4 Å². The first-order valence-corrected chi connectivity index (χ1v) is 9.25. The first-order chi connectivity index (χ1) is 13.0. The van der Waals surface area contributed by atoms with Crippen molar-refractivity contribution in [2.45, 2.75) is 26.2 Å². The first-order valence-electron chi connectivity index (χ1n) is 8.84. The topological polar surface area (TPSA) is 86.1 Å².